The topological polar surface area (TPSA) is 119 Å². The summed E-state index contributed by atoms with van der Waals surface area (Å²) in [5, 5.41) is 23.6. The number of hydrogen-bond donors (Lipinski definition) is 4. The van der Waals surface area contributed by atoms with E-state index in [9.17, 15) is 19.5 Å². The third-order valence-electron chi connectivity index (χ3n) is 3.03. The number of amides is 3. The van der Waals surface area contributed by atoms with Crippen molar-refractivity contribution in [1.29, 1.82) is 0 Å². The van der Waals surface area contributed by atoms with Crippen LogP contribution in [0.1, 0.15) is 26.2 Å². The van der Waals surface area contributed by atoms with Gasteiger partial charge in [0.25, 0.3) is 0 Å². The number of carbonyl (C=O) groups excluding carboxylic acids is 2. The molecule has 0 saturated carbocycles. The van der Waals surface area contributed by atoms with Gasteiger partial charge in [0.05, 0.1) is 6.10 Å². The zero-order valence-corrected chi connectivity index (χ0v) is 11.5. The second kappa shape index (κ2) is 7.68. The molecule has 1 rings (SSSR count). The maximum absolute atomic E-state index is 11.8. The molecule has 8 nitrogen and oxygen atoms in total. The number of aliphatic carboxylic acids is 1. The van der Waals surface area contributed by atoms with Gasteiger partial charge in [0, 0.05) is 32.5 Å². The SMILES string of the molecule is CCCNC(=O)CCNC(=O)N1CC(O)CC1C(=O)O. The van der Waals surface area contributed by atoms with Crippen LogP contribution in [0.15, 0.2) is 0 Å². The van der Waals surface area contributed by atoms with Crippen molar-refractivity contribution in [3.63, 3.8) is 0 Å². The predicted molar refractivity (Wildman–Crippen MR) is 70.1 cm³/mol. The molecule has 2 unspecified atom stereocenters. The van der Waals surface area contributed by atoms with Crippen LogP contribution in [0.4, 0.5) is 4.79 Å². The Kier molecular flexibility index (Phi) is 6.23. The number of likely N-dealkylation sites (tertiary alicyclic amines) is 1. The van der Waals surface area contributed by atoms with E-state index in [-0.39, 0.29) is 31.8 Å². The lowest BCUT2D eigenvalue weighted by atomic mass is 10.2. The van der Waals surface area contributed by atoms with Gasteiger partial charge in [-0.05, 0) is 6.42 Å². The largest absolute Gasteiger partial charge is 0.480 e. The summed E-state index contributed by atoms with van der Waals surface area (Å²) >= 11 is 0. The van der Waals surface area contributed by atoms with E-state index in [4.69, 9.17) is 5.11 Å². The van der Waals surface area contributed by atoms with Crippen LogP contribution >= 0.6 is 0 Å². The van der Waals surface area contributed by atoms with Gasteiger partial charge in [-0.1, -0.05) is 6.92 Å². The molecular formula is C12H21N3O5. The number of aliphatic hydroxyl groups is 1. The highest BCUT2D eigenvalue weighted by molar-refractivity contribution is 5.84. The molecule has 1 heterocycles. The number of urea groups is 1. The predicted octanol–water partition coefficient (Wildman–Crippen LogP) is -0.868. The van der Waals surface area contributed by atoms with Gasteiger partial charge < -0.3 is 25.7 Å². The van der Waals surface area contributed by atoms with Crippen molar-refractivity contribution in [2.75, 3.05) is 19.6 Å². The molecule has 0 spiro atoms. The molecule has 0 aliphatic carbocycles. The molecule has 1 saturated heterocycles. The summed E-state index contributed by atoms with van der Waals surface area (Å²) in [6, 6.07) is -1.59. The minimum absolute atomic E-state index is 0.00910. The van der Waals surface area contributed by atoms with Crippen molar-refractivity contribution in [2.24, 2.45) is 0 Å². The number of hydrogen-bond acceptors (Lipinski definition) is 4. The Morgan fingerprint density at radius 3 is 2.55 bits per heavy atom. The zero-order valence-electron chi connectivity index (χ0n) is 11.5. The van der Waals surface area contributed by atoms with Gasteiger partial charge in [-0.2, -0.15) is 0 Å². The molecule has 0 bridgehead atoms. The number of nitrogens with zero attached hydrogens (tertiary/aromatic N) is 1. The normalized spacial score (nSPS) is 21.6. The Hall–Kier alpha value is -1.83. The average molecular weight is 287 g/mol. The molecule has 1 aliphatic rings. The second-order valence-electron chi connectivity index (χ2n) is 4.73. The zero-order chi connectivity index (χ0) is 15.1. The molecule has 114 valence electrons. The molecule has 3 amide bonds. The molecule has 1 fully saturated rings. The van der Waals surface area contributed by atoms with Crippen molar-refractivity contribution >= 4 is 17.9 Å². The van der Waals surface area contributed by atoms with Crippen LogP contribution in [0.3, 0.4) is 0 Å². The van der Waals surface area contributed by atoms with E-state index in [0.29, 0.717) is 6.54 Å². The van der Waals surface area contributed by atoms with Crippen molar-refractivity contribution in [3.8, 4) is 0 Å². The van der Waals surface area contributed by atoms with Crippen LogP contribution in [0, 0.1) is 0 Å². The molecule has 4 N–H and O–H groups in total. The fourth-order valence-electron chi connectivity index (χ4n) is 2.01. The molecule has 2 atom stereocenters. The molecular weight excluding hydrogens is 266 g/mol. The highest BCUT2D eigenvalue weighted by Crippen LogP contribution is 2.17. The van der Waals surface area contributed by atoms with E-state index in [0.717, 1.165) is 11.3 Å². The Balaban J connectivity index is 2.35. The van der Waals surface area contributed by atoms with Crippen molar-refractivity contribution in [3.05, 3.63) is 0 Å². The van der Waals surface area contributed by atoms with E-state index in [1.807, 2.05) is 6.92 Å². The quantitative estimate of drug-likeness (QED) is 0.506. The lowest BCUT2D eigenvalue weighted by molar-refractivity contribution is -0.141. The number of carbonyl (C=O) groups is 3. The molecule has 1 aliphatic heterocycles. The van der Waals surface area contributed by atoms with Gasteiger partial charge in [0.2, 0.25) is 5.91 Å². The number of aliphatic hydroxyl groups excluding tert-OH is 1. The van der Waals surface area contributed by atoms with Crippen LogP contribution in [0.2, 0.25) is 0 Å². The third-order valence-corrected chi connectivity index (χ3v) is 3.03. The van der Waals surface area contributed by atoms with Crippen molar-refractivity contribution in [1.82, 2.24) is 15.5 Å². The fourth-order valence-corrected chi connectivity index (χ4v) is 2.01. The standard InChI is InChI=1S/C12H21N3O5/c1-2-4-13-10(17)3-5-14-12(20)15-7-8(16)6-9(15)11(18)19/h8-9,16H,2-7H2,1H3,(H,13,17)(H,14,20)(H,18,19). The summed E-state index contributed by atoms with van der Waals surface area (Å²) in [6.45, 7) is 2.65. The average Bonchev–Trinajstić information content (AvgIpc) is 2.78. The Labute approximate surface area is 117 Å². The summed E-state index contributed by atoms with van der Waals surface area (Å²) in [5.41, 5.74) is 0. The molecule has 8 heteroatoms. The maximum Gasteiger partial charge on any atom is 0.326 e. The summed E-state index contributed by atoms with van der Waals surface area (Å²) in [7, 11) is 0. The molecule has 0 aromatic heterocycles. The van der Waals surface area contributed by atoms with Gasteiger partial charge >= 0.3 is 12.0 Å². The third kappa shape index (κ3) is 4.69. The van der Waals surface area contributed by atoms with E-state index < -0.39 is 24.1 Å². The lowest BCUT2D eigenvalue weighted by Gasteiger charge is -2.21. The van der Waals surface area contributed by atoms with Gasteiger partial charge in [0.1, 0.15) is 6.04 Å². The number of nitrogens with one attached hydrogen (secondary N) is 2. The highest BCUT2D eigenvalue weighted by Gasteiger charge is 2.38. The van der Waals surface area contributed by atoms with Crippen LogP contribution in [0.25, 0.3) is 0 Å². The number of β-amino-alcohol motifs (C(OH)–C–C–N with tert-alkyl or cyclic N) is 1. The van der Waals surface area contributed by atoms with Crippen molar-refractivity contribution < 1.29 is 24.6 Å². The van der Waals surface area contributed by atoms with Gasteiger partial charge in [-0.25, -0.2) is 9.59 Å². The van der Waals surface area contributed by atoms with Gasteiger partial charge in [0.15, 0.2) is 0 Å². The maximum atomic E-state index is 11.8. The molecule has 0 aromatic rings. The Morgan fingerprint density at radius 1 is 1.25 bits per heavy atom. The smallest absolute Gasteiger partial charge is 0.326 e. The first-order chi connectivity index (χ1) is 9.45. The van der Waals surface area contributed by atoms with Crippen LogP contribution < -0.4 is 10.6 Å². The van der Waals surface area contributed by atoms with Crippen molar-refractivity contribution in [2.45, 2.75) is 38.3 Å². The van der Waals surface area contributed by atoms with Crippen LogP contribution in [-0.4, -0.2) is 64.8 Å². The second-order valence-corrected chi connectivity index (χ2v) is 4.73. The minimum Gasteiger partial charge on any atom is -0.480 e. The van der Waals surface area contributed by atoms with E-state index in [2.05, 4.69) is 10.6 Å². The van der Waals surface area contributed by atoms with Crippen LogP contribution in [-0.2, 0) is 9.59 Å². The monoisotopic (exact) mass is 287 g/mol. The van der Waals surface area contributed by atoms with E-state index in [1.54, 1.807) is 0 Å². The summed E-state index contributed by atoms with van der Waals surface area (Å²) in [6.07, 6.45) is 0.179. The fraction of sp³-hybridized carbons (Fsp3) is 0.750. The number of rotatable bonds is 6. The van der Waals surface area contributed by atoms with E-state index in [1.165, 1.54) is 0 Å². The Morgan fingerprint density at radius 2 is 1.95 bits per heavy atom. The Bertz CT molecular complexity index is 374. The molecule has 0 aromatic carbocycles. The van der Waals surface area contributed by atoms with Gasteiger partial charge in [-0.3, -0.25) is 4.79 Å². The molecule has 20 heavy (non-hydrogen) atoms. The minimum atomic E-state index is -1.14. The van der Waals surface area contributed by atoms with Gasteiger partial charge in [-0.15, -0.1) is 0 Å². The number of carboxylic acids is 1. The lowest BCUT2D eigenvalue weighted by Crippen LogP contribution is -2.46. The summed E-state index contributed by atoms with van der Waals surface area (Å²) < 4.78 is 0. The first kappa shape index (κ1) is 16.2. The highest BCUT2D eigenvalue weighted by atomic mass is 16.4. The van der Waals surface area contributed by atoms with Crippen LogP contribution in [0.5, 0.6) is 0 Å². The summed E-state index contributed by atoms with van der Waals surface area (Å²) in [4.78, 5) is 35.2. The summed E-state index contributed by atoms with van der Waals surface area (Å²) in [5.74, 6) is -1.30. The number of carboxylic acid groups (broad SMARTS) is 1. The van der Waals surface area contributed by atoms with E-state index >= 15 is 0 Å². The molecule has 0 radical (unpaired) electrons. The first-order valence-corrected chi connectivity index (χ1v) is 6.67. The first-order valence-electron chi connectivity index (χ1n) is 6.67.